The van der Waals surface area contributed by atoms with Gasteiger partial charge in [-0.15, -0.1) is 0 Å². The first-order valence-electron chi connectivity index (χ1n) is 5.33. The van der Waals surface area contributed by atoms with Crippen LogP contribution in [0.15, 0.2) is 24.3 Å². The summed E-state index contributed by atoms with van der Waals surface area (Å²) in [6.45, 7) is 3.55. The van der Waals surface area contributed by atoms with Gasteiger partial charge in [0.15, 0.2) is 10.9 Å². The van der Waals surface area contributed by atoms with Crippen molar-refractivity contribution in [3.8, 4) is 0 Å². The quantitative estimate of drug-likeness (QED) is 0.581. The molecule has 16 heavy (non-hydrogen) atoms. The molecule has 0 N–H and O–H groups in total. The number of thioether (sulfide) groups is 1. The fourth-order valence-corrected chi connectivity index (χ4v) is 1.91. The molecule has 0 aliphatic carbocycles. The van der Waals surface area contributed by atoms with Crippen LogP contribution in [0.1, 0.15) is 35.7 Å². The van der Waals surface area contributed by atoms with E-state index in [-0.39, 0.29) is 10.9 Å². The molecule has 0 saturated carbocycles. The molecule has 0 aliphatic heterocycles. The molecule has 0 aromatic heterocycles. The Morgan fingerprint density at radius 2 is 1.81 bits per heavy atom. The average molecular weight is 236 g/mol. The first-order valence-corrected chi connectivity index (χ1v) is 6.31. The summed E-state index contributed by atoms with van der Waals surface area (Å²) in [5, 5.41) is 0.114. The maximum Gasteiger partial charge on any atom is 0.185 e. The summed E-state index contributed by atoms with van der Waals surface area (Å²) in [5.74, 6) is 0.886. The van der Waals surface area contributed by atoms with Crippen molar-refractivity contribution in [2.24, 2.45) is 0 Å². The molecule has 0 saturated heterocycles. The Balaban J connectivity index is 2.35. The molecule has 1 aromatic rings. The van der Waals surface area contributed by atoms with Crippen LogP contribution in [0.4, 0.5) is 0 Å². The minimum absolute atomic E-state index is 0.114. The normalized spacial score (nSPS) is 10.1. The molecule has 0 atom stereocenters. The van der Waals surface area contributed by atoms with Gasteiger partial charge in [0.2, 0.25) is 0 Å². The van der Waals surface area contributed by atoms with E-state index in [4.69, 9.17) is 0 Å². The molecule has 1 rings (SSSR count). The lowest BCUT2D eigenvalue weighted by Gasteiger charge is -2.01. The van der Waals surface area contributed by atoms with E-state index >= 15 is 0 Å². The number of ketones is 1. The van der Waals surface area contributed by atoms with Crippen LogP contribution in [0.5, 0.6) is 0 Å². The number of carbonyl (C=O) groups is 2. The molecule has 0 amide bonds. The van der Waals surface area contributed by atoms with Crippen LogP contribution in [0.3, 0.4) is 0 Å². The van der Waals surface area contributed by atoms with E-state index in [1.165, 1.54) is 11.8 Å². The maximum atomic E-state index is 11.7. The molecule has 0 spiro atoms. The van der Waals surface area contributed by atoms with Crippen molar-refractivity contribution >= 4 is 22.7 Å². The van der Waals surface area contributed by atoms with E-state index in [1.54, 1.807) is 6.92 Å². The van der Waals surface area contributed by atoms with Gasteiger partial charge in [-0.05, 0) is 13.3 Å². The highest BCUT2D eigenvalue weighted by Crippen LogP contribution is 2.10. The van der Waals surface area contributed by atoms with Gasteiger partial charge in [-0.2, -0.15) is 0 Å². The minimum atomic E-state index is 0.114. The fraction of sp³-hybridized carbons (Fsp3) is 0.385. The third-order valence-electron chi connectivity index (χ3n) is 2.23. The highest BCUT2D eigenvalue weighted by atomic mass is 32.2. The SMILES string of the molecule is CC(=O)SCCCC(=O)c1ccc(C)cc1. The zero-order valence-electron chi connectivity index (χ0n) is 9.66. The summed E-state index contributed by atoms with van der Waals surface area (Å²) in [5.41, 5.74) is 1.92. The minimum Gasteiger partial charge on any atom is -0.294 e. The van der Waals surface area contributed by atoms with Crippen LogP contribution in [0, 0.1) is 6.92 Å². The molecule has 3 heteroatoms. The van der Waals surface area contributed by atoms with Gasteiger partial charge in [-0.1, -0.05) is 41.6 Å². The smallest absolute Gasteiger partial charge is 0.185 e. The van der Waals surface area contributed by atoms with Crippen molar-refractivity contribution in [1.29, 1.82) is 0 Å². The van der Waals surface area contributed by atoms with Crippen molar-refractivity contribution in [3.63, 3.8) is 0 Å². The van der Waals surface area contributed by atoms with Gasteiger partial charge in [-0.3, -0.25) is 9.59 Å². The van der Waals surface area contributed by atoms with E-state index in [2.05, 4.69) is 0 Å². The Morgan fingerprint density at radius 1 is 1.19 bits per heavy atom. The monoisotopic (exact) mass is 236 g/mol. The number of hydrogen-bond acceptors (Lipinski definition) is 3. The first kappa shape index (κ1) is 13.0. The number of aryl methyl sites for hydroxylation is 1. The predicted octanol–water partition coefficient (Wildman–Crippen LogP) is 3.24. The molecule has 86 valence electrons. The number of Topliss-reactive ketones (excluding diaryl/α,β-unsaturated/α-hetero) is 1. The van der Waals surface area contributed by atoms with Crippen LogP contribution < -0.4 is 0 Å². The van der Waals surface area contributed by atoms with Crippen LogP contribution in [0.25, 0.3) is 0 Å². The Hall–Kier alpha value is -1.09. The van der Waals surface area contributed by atoms with Crippen molar-refractivity contribution in [2.45, 2.75) is 26.7 Å². The molecule has 0 unspecified atom stereocenters. The van der Waals surface area contributed by atoms with Crippen LogP contribution in [-0.2, 0) is 4.79 Å². The van der Waals surface area contributed by atoms with Crippen molar-refractivity contribution in [3.05, 3.63) is 35.4 Å². The Labute approximate surface area is 100 Å². The van der Waals surface area contributed by atoms with Gasteiger partial charge < -0.3 is 0 Å². The van der Waals surface area contributed by atoms with Crippen LogP contribution >= 0.6 is 11.8 Å². The van der Waals surface area contributed by atoms with Gasteiger partial charge in [0.25, 0.3) is 0 Å². The van der Waals surface area contributed by atoms with Crippen LogP contribution in [-0.4, -0.2) is 16.7 Å². The predicted molar refractivity (Wildman–Crippen MR) is 67.9 cm³/mol. The van der Waals surface area contributed by atoms with Crippen molar-refractivity contribution < 1.29 is 9.59 Å². The maximum absolute atomic E-state index is 11.7. The Bertz CT molecular complexity index is 368. The molecule has 0 aliphatic rings. The van der Waals surface area contributed by atoms with Gasteiger partial charge in [-0.25, -0.2) is 0 Å². The van der Waals surface area contributed by atoms with E-state index in [0.717, 1.165) is 23.3 Å². The topological polar surface area (TPSA) is 34.1 Å². The van der Waals surface area contributed by atoms with E-state index in [1.807, 2.05) is 31.2 Å². The lowest BCUT2D eigenvalue weighted by molar-refractivity contribution is -0.109. The third-order valence-corrected chi connectivity index (χ3v) is 3.13. The van der Waals surface area contributed by atoms with Gasteiger partial charge in [0.1, 0.15) is 0 Å². The molecule has 1 aromatic carbocycles. The van der Waals surface area contributed by atoms with Crippen LogP contribution in [0.2, 0.25) is 0 Å². The van der Waals surface area contributed by atoms with Crippen molar-refractivity contribution in [2.75, 3.05) is 5.75 Å². The third kappa shape index (κ3) is 4.62. The summed E-state index contributed by atoms with van der Waals surface area (Å²) >= 11 is 1.28. The summed E-state index contributed by atoms with van der Waals surface area (Å²) in [6, 6.07) is 7.60. The van der Waals surface area contributed by atoms with Gasteiger partial charge in [0, 0.05) is 24.7 Å². The zero-order valence-corrected chi connectivity index (χ0v) is 10.5. The average Bonchev–Trinajstić information content (AvgIpc) is 2.25. The standard InChI is InChI=1S/C13H16O2S/c1-10-5-7-12(8-6-10)13(15)4-3-9-16-11(2)14/h5-8H,3-4,9H2,1-2H3. The van der Waals surface area contributed by atoms with Gasteiger partial charge in [0.05, 0.1) is 0 Å². The highest BCUT2D eigenvalue weighted by Gasteiger charge is 2.05. The van der Waals surface area contributed by atoms with Gasteiger partial charge >= 0.3 is 0 Å². The van der Waals surface area contributed by atoms with E-state index in [9.17, 15) is 9.59 Å². The van der Waals surface area contributed by atoms with E-state index in [0.29, 0.717) is 6.42 Å². The second kappa shape index (κ2) is 6.48. The number of hydrogen-bond donors (Lipinski definition) is 0. The molecule has 2 nitrogen and oxygen atoms in total. The molecule has 0 radical (unpaired) electrons. The lowest BCUT2D eigenvalue weighted by atomic mass is 10.1. The Morgan fingerprint density at radius 3 is 2.38 bits per heavy atom. The fourth-order valence-electron chi connectivity index (χ4n) is 1.33. The second-order valence-electron chi connectivity index (χ2n) is 3.73. The summed E-state index contributed by atoms with van der Waals surface area (Å²) in [4.78, 5) is 22.4. The molecular formula is C13H16O2S. The summed E-state index contributed by atoms with van der Waals surface area (Å²) in [6.07, 6.45) is 1.28. The van der Waals surface area contributed by atoms with E-state index < -0.39 is 0 Å². The second-order valence-corrected chi connectivity index (χ2v) is 5.00. The molecule has 0 heterocycles. The molecular weight excluding hydrogens is 220 g/mol. The Kier molecular flexibility index (Phi) is 5.26. The highest BCUT2D eigenvalue weighted by molar-refractivity contribution is 8.13. The number of rotatable bonds is 5. The number of carbonyl (C=O) groups excluding carboxylic acids is 2. The molecule has 0 bridgehead atoms. The number of benzene rings is 1. The summed E-state index contributed by atoms with van der Waals surface area (Å²) < 4.78 is 0. The summed E-state index contributed by atoms with van der Waals surface area (Å²) in [7, 11) is 0. The lowest BCUT2D eigenvalue weighted by Crippen LogP contribution is -2.00. The molecule has 0 fully saturated rings. The first-order chi connectivity index (χ1) is 7.59. The zero-order chi connectivity index (χ0) is 12.0. The largest absolute Gasteiger partial charge is 0.294 e. The van der Waals surface area contributed by atoms with Crippen molar-refractivity contribution in [1.82, 2.24) is 0 Å².